The van der Waals surface area contributed by atoms with Crippen LogP contribution in [-0.2, 0) is 11.0 Å². The molecule has 186 valence electrons. The standard InChI is InChI=1S/C25H20F3N3O4S/c1-30(24(33)15-4-7-17(8-5-15)25(26,27)28)13-23(32)31-19(12-18(29-31)22-3-2-10-36-22)16-6-9-20-21(11-16)35-14-34-20/h2-11,19H,12-14H2,1H3/t19-/m0/s1. The lowest BCUT2D eigenvalue weighted by Gasteiger charge is -2.25. The summed E-state index contributed by atoms with van der Waals surface area (Å²) in [5, 5.41) is 7.87. The molecule has 0 saturated carbocycles. The van der Waals surface area contributed by atoms with E-state index in [4.69, 9.17) is 9.47 Å². The third kappa shape index (κ3) is 4.66. The lowest BCUT2D eigenvalue weighted by molar-refractivity contribution is -0.137. The van der Waals surface area contributed by atoms with Crippen LogP contribution in [0.25, 0.3) is 0 Å². The predicted octanol–water partition coefficient (Wildman–Crippen LogP) is 4.95. The fourth-order valence-electron chi connectivity index (χ4n) is 4.08. The molecule has 0 saturated heterocycles. The van der Waals surface area contributed by atoms with Crippen molar-refractivity contribution >= 4 is 28.9 Å². The number of carbonyl (C=O) groups is 2. The molecule has 0 radical (unpaired) electrons. The SMILES string of the molecule is CN(CC(=O)N1N=C(c2cccs2)C[C@H]1c1ccc2c(c1)OCO2)C(=O)c1ccc(C(F)(F)F)cc1. The molecule has 2 aliphatic rings. The number of carbonyl (C=O) groups excluding carboxylic acids is 2. The number of nitrogens with zero attached hydrogens (tertiary/aromatic N) is 3. The van der Waals surface area contributed by atoms with Crippen molar-refractivity contribution in [2.24, 2.45) is 5.10 Å². The minimum absolute atomic E-state index is 0.0508. The van der Waals surface area contributed by atoms with E-state index in [9.17, 15) is 22.8 Å². The van der Waals surface area contributed by atoms with E-state index < -0.39 is 29.6 Å². The lowest BCUT2D eigenvalue weighted by Crippen LogP contribution is -2.39. The van der Waals surface area contributed by atoms with Crippen molar-refractivity contribution in [2.45, 2.75) is 18.6 Å². The summed E-state index contributed by atoms with van der Waals surface area (Å²) in [5.41, 5.74) is 0.754. The first-order valence-electron chi connectivity index (χ1n) is 11.0. The largest absolute Gasteiger partial charge is 0.454 e. The molecule has 0 aliphatic carbocycles. The van der Waals surface area contributed by atoms with Crippen LogP contribution in [-0.4, -0.2) is 47.8 Å². The van der Waals surface area contributed by atoms with Crippen LogP contribution in [0.3, 0.4) is 0 Å². The van der Waals surface area contributed by atoms with Gasteiger partial charge in [-0.25, -0.2) is 5.01 Å². The maximum Gasteiger partial charge on any atom is 0.416 e. The molecule has 0 spiro atoms. The Kier molecular flexibility index (Phi) is 6.17. The van der Waals surface area contributed by atoms with Crippen molar-refractivity contribution in [2.75, 3.05) is 20.4 Å². The Morgan fingerprint density at radius 3 is 2.56 bits per heavy atom. The molecule has 0 unspecified atom stereocenters. The molecule has 1 aromatic heterocycles. The van der Waals surface area contributed by atoms with E-state index in [0.717, 1.165) is 40.4 Å². The summed E-state index contributed by atoms with van der Waals surface area (Å²) in [6, 6.07) is 12.7. The third-order valence-electron chi connectivity index (χ3n) is 5.93. The van der Waals surface area contributed by atoms with Gasteiger partial charge in [-0.1, -0.05) is 12.1 Å². The van der Waals surface area contributed by atoms with Gasteiger partial charge in [-0.05, 0) is 53.4 Å². The Labute approximate surface area is 208 Å². The van der Waals surface area contributed by atoms with Crippen molar-refractivity contribution in [3.63, 3.8) is 0 Å². The number of benzene rings is 2. The highest BCUT2D eigenvalue weighted by atomic mass is 32.1. The molecular formula is C25H20F3N3O4S. The van der Waals surface area contributed by atoms with Gasteiger partial charge in [0.25, 0.3) is 11.8 Å². The third-order valence-corrected chi connectivity index (χ3v) is 6.85. The highest BCUT2D eigenvalue weighted by Gasteiger charge is 2.35. The van der Waals surface area contributed by atoms with Crippen LogP contribution in [0.5, 0.6) is 11.5 Å². The van der Waals surface area contributed by atoms with Crippen LogP contribution >= 0.6 is 11.3 Å². The van der Waals surface area contributed by atoms with Crippen LogP contribution in [0.1, 0.15) is 38.8 Å². The lowest BCUT2D eigenvalue weighted by atomic mass is 10.0. The smallest absolute Gasteiger partial charge is 0.416 e. The van der Waals surface area contributed by atoms with E-state index in [2.05, 4.69) is 5.10 Å². The number of fused-ring (bicyclic) bond motifs is 1. The van der Waals surface area contributed by atoms with E-state index in [1.165, 1.54) is 28.3 Å². The van der Waals surface area contributed by atoms with Crippen LogP contribution in [0.2, 0.25) is 0 Å². The normalized spacial score (nSPS) is 16.7. The molecule has 2 amide bonds. The van der Waals surface area contributed by atoms with Crippen molar-refractivity contribution in [3.05, 3.63) is 81.5 Å². The fraction of sp³-hybridized carbons (Fsp3) is 0.240. The molecule has 0 fully saturated rings. The summed E-state index contributed by atoms with van der Waals surface area (Å²) in [6.07, 6.45) is -4.02. The Bertz CT molecular complexity index is 1320. The number of hydrogen-bond acceptors (Lipinski definition) is 6. The topological polar surface area (TPSA) is 71.4 Å². The second kappa shape index (κ2) is 9.30. The van der Waals surface area contributed by atoms with Gasteiger partial charge < -0.3 is 14.4 Å². The Morgan fingerprint density at radius 1 is 1.11 bits per heavy atom. The summed E-state index contributed by atoms with van der Waals surface area (Å²) < 4.78 is 49.4. The summed E-state index contributed by atoms with van der Waals surface area (Å²) in [7, 11) is 1.42. The molecule has 5 rings (SSSR count). The Balaban J connectivity index is 1.36. The van der Waals surface area contributed by atoms with Crippen LogP contribution < -0.4 is 9.47 Å². The first kappa shape index (κ1) is 23.9. The van der Waals surface area contributed by atoms with Crippen molar-refractivity contribution in [3.8, 4) is 11.5 Å². The quantitative estimate of drug-likeness (QED) is 0.483. The van der Waals surface area contributed by atoms with Crippen molar-refractivity contribution in [1.82, 2.24) is 9.91 Å². The van der Waals surface area contributed by atoms with E-state index in [1.807, 2.05) is 29.6 Å². The molecule has 3 heterocycles. The van der Waals surface area contributed by atoms with Crippen LogP contribution in [0.15, 0.2) is 65.1 Å². The second-order valence-electron chi connectivity index (χ2n) is 8.33. The molecule has 7 nitrogen and oxygen atoms in total. The maximum absolute atomic E-state index is 13.3. The van der Waals surface area contributed by atoms with Crippen LogP contribution in [0, 0.1) is 0 Å². The van der Waals surface area contributed by atoms with Crippen molar-refractivity contribution < 1.29 is 32.2 Å². The van der Waals surface area contributed by atoms with E-state index in [1.54, 1.807) is 6.07 Å². The van der Waals surface area contributed by atoms with Gasteiger partial charge in [-0.2, -0.15) is 18.3 Å². The second-order valence-corrected chi connectivity index (χ2v) is 9.28. The summed E-state index contributed by atoms with van der Waals surface area (Å²) in [6.45, 7) is -0.179. The highest BCUT2D eigenvalue weighted by molar-refractivity contribution is 7.12. The summed E-state index contributed by atoms with van der Waals surface area (Å²) in [4.78, 5) is 28.2. The number of hydrogen-bond donors (Lipinski definition) is 0. The van der Waals surface area contributed by atoms with E-state index in [0.29, 0.717) is 17.9 Å². The first-order chi connectivity index (χ1) is 17.2. The van der Waals surface area contributed by atoms with Gasteiger partial charge in [0.1, 0.15) is 6.54 Å². The summed E-state index contributed by atoms with van der Waals surface area (Å²) in [5.74, 6) is 0.209. The maximum atomic E-state index is 13.3. The minimum Gasteiger partial charge on any atom is -0.454 e. The molecule has 1 atom stereocenters. The van der Waals surface area contributed by atoms with Gasteiger partial charge in [-0.15, -0.1) is 11.3 Å². The molecular weight excluding hydrogens is 495 g/mol. The van der Waals surface area contributed by atoms with Gasteiger partial charge in [0.2, 0.25) is 6.79 Å². The van der Waals surface area contributed by atoms with Gasteiger partial charge >= 0.3 is 6.18 Å². The molecule has 0 N–H and O–H groups in total. The number of hydrazone groups is 1. The van der Waals surface area contributed by atoms with E-state index in [-0.39, 0.29) is 18.9 Å². The number of amides is 2. The fourth-order valence-corrected chi connectivity index (χ4v) is 4.80. The molecule has 2 aliphatic heterocycles. The number of alkyl halides is 3. The monoisotopic (exact) mass is 515 g/mol. The molecule has 3 aromatic rings. The summed E-state index contributed by atoms with van der Waals surface area (Å²) >= 11 is 1.51. The number of rotatable bonds is 5. The predicted molar refractivity (Wildman–Crippen MR) is 126 cm³/mol. The number of likely N-dealkylation sites (N-methyl/N-ethyl adjacent to an activating group) is 1. The minimum atomic E-state index is -4.50. The Hall–Kier alpha value is -3.86. The zero-order chi connectivity index (χ0) is 25.4. The van der Waals surface area contributed by atoms with Gasteiger partial charge in [0.05, 0.1) is 22.2 Å². The molecule has 0 bridgehead atoms. The number of ether oxygens (including phenoxy) is 2. The zero-order valence-electron chi connectivity index (χ0n) is 19.0. The van der Waals surface area contributed by atoms with Gasteiger partial charge in [0, 0.05) is 19.0 Å². The first-order valence-corrected chi connectivity index (χ1v) is 11.8. The molecule has 36 heavy (non-hydrogen) atoms. The number of halogens is 3. The van der Waals surface area contributed by atoms with Crippen LogP contribution in [0.4, 0.5) is 13.2 Å². The van der Waals surface area contributed by atoms with Crippen molar-refractivity contribution in [1.29, 1.82) is 0 Å². The average molecular weight is 516 g/mol. The molecule has 2 aromatic carbocycles. The Morgan fingerprint density at radius 2 is 1.86 bits per heavy atom. The molecule has 11 heteroatoms. The highest BCUT2D eigenvalue weighted by Crippen LogP contribution is 2.39. The van der Waals surface area contributed by atoms with Gasteiger partial charge in [-0.3, -0.25) is 9.59 Å². The van der Waals surface area contributed by atoms with E-state index >= 15 is 0 Å². The zero-order valence-corrected chi connectivity index (χ0v) is 19.8. The number of thiophene rings is 1. The average Bonchev–Trinajstić information content (AvgIpc) is 3.62. The van der Waals surface area contributed by atoms with Gasteiger partial charge in [0.15, 0.2) is 11.5 Å².